The number of sulfonamides is 1. The minimum absolute atomic E-state index is 0.0412. The molecule has 1 fully saturated rings. The number of benzene rings is 1. The highest BCUT2D eigenvalue weighted by atomic mass is 35.5. The van der Waals surface area contributed by atoms with Crippen LogP contribution in [0, 0.1) is 13.8 Å². The van der Waals surface area contributed by atoms with Crippen LogP contribution in [0.4, 0.5) is 5.69 Å². The quantitative estimate of drug-likeness (QED) is 0.682. The number of thioether (sulfide) groups is 1. The number of oxazole rings is 1. The van der Waals surface area contributed by atoms with Gasteiger partial charge in [-0.2, -0.15) is 4.31 Å². The van der Waals surface area contributed by atoms with Crippen LogP contribution in [-0.4, -0.2) is 55.7 Å². The molecule has 0 radical (unpaired) electrons. The monoisotopic (exact) mass is 445 g/mol. The van der Waals surface area contributed by atoms with Gasteiger partial charge in [0.15, 0.2) is 0 Å². The third-order valence-electron chi connectivity index (χ3n) is 4.14. The fourth-order valence-corrected chi connectivity index (χ4v) is 5.15. The van der Waals surface area contributed by atoms with Gasteiger partial charge in [0.25, 0.3) is 5.22 Å². The minimum Gasteiger partial charge on any atom is -0.437 e. The number of carbonyl (C=O) groups excluding carboxylic acids is 1. The molecule has 11 heteroatoms. The fraction of sp³-hybridized carbons (Fsp3) is 0.412. The number of nitrogens with one attached hydrogen (secondary N) is 1. The molecule has 1 aliphatic heterocycles. The summed E-state index contributed by atoms with van der Waals surface area (Å²) in [7, 11) is -3.77. The second-order valence-electron chi connectivity index (χ2n) is 6.12. The average Bonchev–Trinajstić information content (AvgIpc) is 3.00. The summed E-state index contributed by atoms with van der Waals surface area (Å²) in [4.78, 5) is 16.4. The number of halogens is 1. The van der Waals surface area contributed by atoms with E-state index in [-0.39, 0.29) is 34.7 Å². The van der Waals surface area contributed by atoms with Crippen molar-refractivity contribution in [3.8, 4) is 0 Å². The molecule has 0 saturated carbocycles. The molecule has 28 heavy (non-hydrogen) atoms. The maximum Gasteiger partial charge on any atom is 0.256 e. The zero-order valence-corrected chi connectivity index (χ0v) is 17.8. The van der Waals surface area contributed by atoms with Gasteiger partial charge in [0, 0.05) is 18.8 Å². The molecule has 0 atom stereocenters. The number of carbonyl (C=O) groups is 1. The molecule has 1 amide bonds. The summed E-state index contributed by atoms with van der Waals surface area (Å²) >= 11 is 7.28. The van der Waals surface area contributed by atoms with E-state index in [4.69, 9.17) is 20.8 Å². The van der Waals surface area contributed by atoms with Crippen molar-refractivity contribution in [1.82, 2.24) is 9.29 Å². The highest BCUT2D eigenvalue weighted by molar-refractivity contribution is 7.99. The molecular formula is C17H20ClN3O5S2. The van der Waals surface area contributed by atoms with Crippen LogP contribution < -0.4 is 5.32 Å². The summed E-state index contributed by atoms with van der Waals surface area (Å²) < 4.78 is 37.6. The van der Waals surface area contributed by atoms with Crippen molar-refractivity contribution in [3.05, 3.63) is 34.7 Å². The maximum atomic E-state index is 12.8. The first-order valence-corrected chi connectivity index (χ1v) is 11.3. The first kappa shape index (κ1) is 21.1. The van der Waals surface area contributed by atoms with Crippen molar-refractivity contribution >= 4 is 45.0 Å². The van der Waals surface area contributed by atoms with Crippen molar-refractivity contribution < 1.29 is 22.4 Å². The van der Waals surface area contributed by atoms with Gasteiger partial charge in [-0.15, -0.1) is 0 Å². The van der Waals surface area contributed by atoms with Gasteiger partial charge in [-0.1, -0.05) is 23.4 Å². The SMILES string of the molecule is Cc1nc(SCC(=O)Nc2ccc(Cl)c(S(=O)(=O)N3CCOCC3)c2)oc1C. The Morgan fingerprint density at radius 1 is 1.32 bits per heavy atom. The number of anilines is 1. The Kier molecular flexibility index (Phi) is 6.66. The molecular weight excluding hydrogens is 426 g/mol. The van der Waals surface area contributed by atoms with Crippen molar-refractivity contribution in [2.75, 3.05) is 37.4 Å². The third kappa shape index (κ3) is 4.87. The van der Waals surface area contributed by atoms with Crippen molar-refractivity contribution in [2.45, 2.75) is 24.0 Å². The summed E-state index contributed by atoms with van der Waals surface area (Å²) in [5.74, 6) is 0.474. The van der Waals surface area contributed by atoms with Crippen LogP contribution in [0.25, 0.3) is 0 Å². The normalized spacial score (nSPS) is 15.5. The first-order valence-electron chi connectivity index (χ1n) is 8.51. The lowest BCUT2D eigenvalue weighted by Gasteiger charge is -2.26. The van der Waals surface area contributed by atoms with Crippen LogP contribution in [0.1, 0.15) is 11.5 Å². The number of amides is 1. The second-order valence-corrected chi connectivity index (χ2v) is 9.36. The molecule has 0 spiro atoms. The van der Waals surface area contributed by atoms with E-state index in [1.165, 1.54) is 16.4 Å². The lowest BCUT2D eigenvalue weighted by Crippen LogP contribution is -2.40. The van der Waals surface area contributed by atoms with Crippen LogP contribution in [0.3, 0.4) is 0 Å². The zero-order chi connectivity index (χ0) is 20.3. The van der Waals surface area contributed by atoms with E-state index in [9.17, 15) is 13.2 Å². The topological polar surface area (TPSA) is 102 Å². The highest BCUT2D eigenvalue weighted by Gasteiger charge is 2.28. The van der Waals surface area contributed by atoms with Crippen LogP contribution in [-0.2, 0) is 19.6 Å². The van der Waals surface area contributed by atoms with Gasteiger partial charge in [0.1, 0.15) is 10.7 Å². The molecule has 2 aromatic rings. The molecule has 0 unspecified atom stereocenters. The molecule has 0 aliphatic carbocycles. The molecule has 1 aromatic carbocycles. The standard InChI is InChI=1S/C17H20ClN3O5S2/c1-11-12(2)26-17(19-11)27-10-16(22)20-13-3-4-14(18)15(9-13)28(23,24)21-5-7-25-8-6-21/h3-4,9H,5-8,10H2,1-2H3,(H,20,22). The van der Waals surface area contributed by atoms with Crippen molar-refractivity contribution in [1.29, 1.82) is 0 Å². The van der Waals surface area contributed by atoms with Crippen molar-refractivity contribution in [2.24, 2.45) is 0 Å². The molecule has 8 nitrogen and oxygen atoms in total. The van der Waals surface area contributed by atoms with Crippen molar-refractivity contribution in [3.63, 3.8) is 0 Å². The minimum atomic E-state index is -3.77. The number of aryl methyl sites for hydroxylation is 2. The fourth-order valence-electron chi connectivity index (χ4n) is 2.53. The number of hydrogen-bond donors (Lipinski definition) is 1. The molecule has 1 aromatic heterocycles. The Balaban J connectivity index is 1.69. The van der Waals surface area contributed by atoms with Gasteiger partial charge in [-0.3, -0.25) is 4.79 Å². The van der Waals surface area contributed by atoms with E-state index in [1.54, 1.807) is 13.0 Å². The molecule has 1 aliphatic rings. The second kappa shape index (κ2) is 8.83. The summed E-state index contributed by atoms with van der Waals surface area (Å²) in [6.45, 7) is 4.83. The number of morpholine rings is 1. The number of ether oxygens (including phenoxy) is 1. The van der Waals surface area contributed by atoms with Crippen LogP contribution >= 0.6 is 23.4 Å². The first-order chi connectivity index (χ1) is 13.3. The van der Waals surface area contributed by atoms with E-state index in [1.807, 2.05) is 6.92 Å². The Labute approximate surface area is 172 Å². The Morgan fingerprint density at radius 3 is 2.68 bits per heavy atom. The van der Waals surface area contributed by atoms with Gasteiger partial charge in [-0.25, -0.2) is 13.4 Å². The molecule has 0 bridgehead atoms. The Bertz CT molecular complexity index is 952. The smallest absolute Gasteiger partial charge is 0.256 e. The Hall–Kier alpha value is -1.59. The summed E-state index contributed by atoms with van der Waals surface area (Å²) in [5.41, 5.74) is 1.13. The van der Waals surface area contributed by atoms with E-state index in [0.29, 0.717) is 29.9 Å². The van der Waals surface area contributed by atoms with Crippen LogP contribution in [0.5, 0.6) is 0 Å². The molecule has 152 valence electrons. The van der Waals surface area contributed by atoms with Gasteiger partial charge < -0.3 is 14.5 Å². The van der Waals surface area contributed by atoms with E-state index in [0.717, 1.165) is 17.5 Å². The summed E-state index contributed by atoms with van der Waals surface area (Å²) in [6.07, 6.45) is 0. The summed E-state index contributed by atoms with van der Waals surface area (Å²) in [5, 5.41) is 3.20. The van der Waals surface area contributed by atoms with Gasteiger partial charge in [-0.05, 0) is 32.0 Å². The molecule has 2 heterocycles. The van der Waals surface area contributed by atoms with Gasteiger partial charge in [0.2, 0.25) is 15.9 Å². The highest BCUT2D eigenvalue weighted by Crippen LogP contribution is 2.28. The average molecular weight is 446 g/mol. The predicted molar refractivity (Wildman–Crippen MR) is 106 cm³/mol. The van der Waals surface area contributed by atoms with E-state index in [2.05, 4.69) is 10.3 Å². The number of aromatic nitrogens is 1. The molecule has 1 N–H and O–H groups in total. The lowest BCUT2D eigenvalue weighted by molar-refractivity contribution is -0.113. The van der Waals surface area contributed by atoms with Gasteiger partial charge >= 0.3 is 0 Å². The Morgan fingerprint density at radius 2 is 2.04 bits per heavy atom. The van der Waals surface area contributed by atoms with Crippen LogP contribution in [0.2, 0.25) is 5.02 Å². The van der Waals surface area contributed by atoms with E-state index >= 15 is 0 Å². The number of hydrogen-bond acceptors (Lipinski definition) is 7. The van der Waals surface area contributed by atoms with E-state index < -0.39 is 10.0 Å². The third-order valence-corrected chi connectivity index (χ3v) is 7.35. The number of nitrogens with zero attached hydrogens (tertiary/aromatic N) is 2. The predicted octanol–water partition coefficient (Wildman–Crippen LogP) is 2.70. The molecule has 3 rings (SSSR count). The van der Waals surface area contributed by atoms with Crippen LogP contribution in [0.15, 0.2) is 32.7 Å². The number of rotatable bonds is 6. The summed E-state index contributed by atoms with van der Waals surface area (Å²) in [6, 6.07) is 4.39. The maximum absolute atomic E-state index is 12.8. The zero-order valence-electron chi connectivity index (χ0n) is 15.4. The molecule has 1 saturated heterocycles. The largest absolute Gasteiger partial charge is 0.437 e. The lowest BCUT2D eigenvalue weighted by atomic mass is 10.3. The van der Waals surface area contributed by atoms with Gasteiger partial charge in [0.05, 0.1) is 29.7 Å².